The van der Waals surface area contributed by atoms with E-state index in [1.54, 1.807) is 25.5 Å². The van der Waals surface area contributed by atoms with Crippen molar-refractivity contribution in [2.24, 2.45) is 5.10 Å². The Hall–Kier alpha value is -3.42. The van der Waals surface area contributed by atoms with Crippen LogP contribution in [-0.4, -0.2) is 55.5 Å². The van der Waals surface area contributed by atoms with E-state index < -0.39 is 5.91 Å². The Morgan fingerprint density at radius 1 is 1.16 bits per heavy atom. The molecule has 7 nitrogen and oxygen atoms in total. The van der Waals surface area contributed by atoms with Crippen LogP contribution in [0.5, 0.6) is 11.5 Å². The van der Waals surface area contributed by atoms with Crippen molar-refractivity contribution < 1.29 is 19.4 Å². The second-order valence-electron chi connectivity index (χ2n) is 7.38. The summed E-state index contributed by atoms with van der Waals surface area (Å²) in [6.45, 7) is 3.99. The maximum atomic E-state index is 12.5. The number of morpholine rings is 1. The lowest BCUT2D eigenvalue weighted by Crippen LogP contribution is -2.35. The van der Waals surface area contributed by atoms with Crippen molar-refractivity contribution in [2.75, 3.05) is 33.4 Å². The minimum Gasteiger partial charge on any atom is -0.507 e. The zero-order valence-corrected chi connectivity index (χ0v) is 17.4. The number of hydrogen-bond donors (Lipinski definition) is 2. The first-order chi connectivity index (χ1) is 15.1. The molecular formula is C24H25N3O4. The molecule has 3 aromatic carbocycles. The molecule has 0 radical (unpaired) electrons. The van der Waals surface area contributed by atoms with E-state index in [2.05, 4.69) is 15.4 Å². The number of carbonyl (C=O) groups is 1. The van der Waals surface area contributed by atoms with Crippen molar-refractivity contribution in [3.8, 4) is 11.5 Å². The quantitative estimate of drug-likeness (QED) is 0.474. The number of nitrogens with zero attached hydrogens (tertiary/aromatic N) is 2. The van der Waals surface area contributed by atoms with E-state index >= 15 is 0 Å². The molecule has 1 aliphatic heterocycles. The van der Waals surface area contributed by atoms with E-state index in [1.165, 1.54) is 0 Å². The number of phenolic OH excluding ortho intramolecular Hbond substituents is 1. The van der Waals surface area contributed by atoms with E-state index in [0.29, 0.717) is 0 Å². The van der Waals surface area contributed by atoms with Gasteiger partial charge in [0.25, 0.3) is 5.91 Å². The third-order valence-electron chi connectivity index (χ3n) is 5.29. The van der Waals surface area contributed by atoms with E-state index in [-0.39, 0.29) is 11.3 Å². The molecule has 2 N–H and O–H groups in total. The fourth-order valence-corrected chi connectivity index (χ4v) is 3.64. The molecule has 1 heterocycles. The number of ether oxygens (including phenoxy) is 2. The number of amides is 1. The Balaban J connectivity index is 1.46. The van der Waals surface area contributed by atoms with Gasteiger partial charge in [-0.25, -0.2) is 5.43 Å². The summed E-state index contributed by atoms with van der Waals surface area (Å²) in [7, 11) is 1.65. The third kappa shape index (κ3) is 5.02. The molecule has 1 fully saturated rings. The van der Waals surface area contributed by atoms with E-state index in [0.717, 1.165) is 60.5 Å². The first-order valence-electron chi connectivity index (χ1n) is 10.2. The van der Waals surface area contributed by atoms with Crippen molar-refractivity contribution in [3.05, 3.63) is 71.3 Å². The zero-order valence-electron chi connectivity index (χ0n) is 17.4. The van der Waals surface area contributed by atoms with Crippen molar-refractivity contribution in [1.29, 1.82) is 0 Å². The number of hydrazone groups is 1. The van der Waals surface area contributed by atoms with Crippen LogP contribution in [-0.2, 0) is 11.3 Å². The standard InChI is InChI=1S/C24H25N3O4/c1-30-23-7-6-17(12-20(23)16-27-8-10-31-11-9-27)15-25-26-24(29)21-13-18-4-2-3-5-19(18)14-22(21)28/h2-7,12-15,28H,8-11,16H2,1H3,(H,26,29). The van der Waals surface area contributed by atoms with E-state index in [9.17, 15) is 9.90 Å². The number of rotatable bonds is 6. The van der Waals surface area contributed by atoms with Crippen LogP contribution in [0.2, 0.25) is 0 Å². The average Bonchev–Trinajstić information content (AvgIpc) is 2.79. The molecule has 160 valence electrons. The van der Waals surface area contributed by atoms with Gasteiger partial charge in [-0.2, -0.15) is 5.10 Å². The van der Waals surface area contributed by atoms with Crippen LogP contribution in [0.1, 0.15) is 21.5 Å². The summed E-state index contributed by atoms with van der Waals surface area (Å²) in [4.78, 5) is 14.8. The largest absolute Gasteiger partial charge is 0.507 e. The van der Waals surface area contributed by atoms with Crippen molar-refractivity contribution in [3.63, 3.8) is 0 Å². The summed E-state index contributed by atoms with van der Waals surface area (Å²) in [6.07, 6.45) is 1.58. The lowest BCUT2D eigenvalue weighted by molar-refractivity contribution is 0.0339. The van der Waals surface area contributed by atoms with Gasteiger partial charge in [0, 0.05) is 25.2 Å². The summed E-state index contributed by atoms with van der Waals surface area (Å²) in [6, 6.07) is 16.6. The lowest BCUT2D eigenvalue weighted by atomic mass is 10.1. The highest BCUT2D eigenvalue weighted by Crippen LogP contribution is 2.25. The monoisotopic (exact) mass is 419 g/mol. The molecule has 3 aromatic rings. The topological polar surface area (TPSA) is 83.4 Å². The highest BCUT2D eigenvalue weighted by atomic mass is 16.5. The molecule has 0 unspecified atom stereocenters. The van der Waals surface area contributed by atoms with Crippen LogP contribution in [0.3, 0.4) is 0 Å². The van der Waals surface area contributed by atoms with Crippen LogP contribution >= 0.6 is 0 Å². The molecule has 0 saturated carbocycles. The number of nitrogens with one attached hydrogen (secondary N) is 1. The predicted octanol–water partition coefficient (Wildman–Crippen LogP) is 3.15. The van der Waals surface area contributed by atoms with Crippen LogP contribution < -0.4 is 10.2 Å². The second-order valence-corrected chi connectivity index (χ2v) is 7.38. The molecule has 7 heteroatoms. The third-order valence-corrected chi connectivity index (χ3v) is 5.29. The summed E-state index contributed by atoms with van der Waals surface area (Å²) in [5.41, 5.74) is 4.56. The van der Waals surface area contributed by atoms with Crippen molar-refractivity contribution in [2.45, 2.75) is 6.54 Å². The fourth-order valence-electron chi connectivity index (χ4n) is 3.64. The highest BCUT2D eigenvalue weighted by Gasteiger charge is 2.14. The first kappa shape index (κ1) is 20.8. The minimum atomic E-state index is -0.471. The maximum absolute atomic E-state index is 12.5. The van der Waals surface area contributed by atoms with Crippen LogP contribution in [0.25, 0.3) is 10.8 Å². The van der Waals surface area contributed by atoms with Crippen LogP contribution in [0, 0.1) is 0 Å². The Bertz CT molecular complexity index is 1110. The predicted molar refractivity (Wildman–Crippen MR) is 120 cm³/mol. The fraction of sp³-hybridized carbons (Fsp3) is 0.250. The van der Waals surface area contributed by atoms with Crippen LogP contribution in [0.4, 0.5) is 0 Å². The van der Waals surface area contributed by atoms with Gasteiger partial charge in [0.05, 0.1) is 32.1 Å². The lowest BCUT2D eigenvalue weighted by Gasteiger charge is -2.27. The molecular weight excluding hydrogens is 394 g/mol. The summed E-state index contributed by atoms with van der Waals surface area (Å²) in [5, 5.41) is 16.0. The number of carbonyl (C=O) groups excluding carboxylic acids is 1. The van der Waals surface area contributed by atoms with Gasteiger partial charge in [-0.3, -0.25) is 9.69 Å². The Kier molecular flexibility index (Phi) is 6.45. The highest BCUT2D eigenvalue weighted by molar-refractivity contribution is 6.01. The molecule has 0 spiro atoms. The number of fused-ring (bicyclic) bond motifs is 1. The molecule has 1 amide bonds. The molecule has 4 rings (SSSR count). The van der Waals surface area contributed by atoms with E-state index in [4.69, 9.17) is 9.47 Å². The Morgan fingerprint density at radius 2 is 1.90 bits per heavy atom. The average molecular weight is 419 g/mol. The molecule has 0 bridgehead atoms. The SMILES string of the molecule is COc1ccc(C=NNC(=O)c2cc3ccccc3cc2O)cc1CN1CCOCC1. The molecule has 0 atom stereocenters. The van der Waals surface area contributed by atoms with Gasteiger partial charge in [-0.1, -0.05) is 24.3 Å². The Morgan fingerprint density at radius 3 is 2.65 bits per heavy atom. The van der Waals surface area contributed by atoms with E-state index in [1.807, 2.05) is 42.5 Å². The summed E-state index contributed by atoms with van der Waals surface area (Å²) < 4.78 is 10.9. The number of phenols is 1. The number of aromatic hydroxyl groups is 1. The smallest absolute Gasteiger partial charge is 0.275 e. The molecule has 1 aliphatic rings. The van der Waals surface area contributed by atoms with Gasteiger partial charge >= 0.3 is 0 Å². The van der Waals surface area contributed by atoms with Gasteiger partial charge in [-0.05, 0) is 46.7 Å². The summed E-state index contributed by atoms with van der Waals surface area (Å²) >= 11 is 0. The van der Waals surface area contributed by atoms with Crippen molar-refractivity contribution in [1.82, 2.24) is 10.3 Å². The van der Waals surface area contributed by atoms with Gasteiger partial charge < -0.3 is 14.6 Å². The number of benzene rings is 3. The van der Waals surface area contributed by atoms with Gasteiger partial charge in [0.15, 0.2) is 0 Å². The van der Waals surface area contributed by atoms with Crippen LogP contribution in [0.15, 0.2) is 59.7 Å². The minimum absolute atomic E-state index is 0.0800. The number of hydrogen-bond acceptors (Lipinski definition) is 6. The van der Waals surface area contributed by atoms with Gasteiger partial charge in [0.1, 0.15) is 11.5 Å². The molecule has 0 aromatic heterocycles. The van der Waals surface area contributed by atoms with Gasteiger partial charge in [0.2, 0.25) is 0 Å². The normalized spacial score (nSPS) is 14.7. The second kappa shape index (κ2) is 9.59. The van der Waals surface area contributed by atoms with Gasteiger partial charge in [-0.15, -0.1) is 0 Å². The zero-order chi connectivity index (χ0) is 21.6. The summed E-state index contributed by atoms with van der Waals surface area (Å²) in [5.74, 6) is 0.263. The molecule has 31 heavy (non-hydrogen) atoms. The van der Waals surface area contributed by atoms with Crippen molar-refractivity contribution >= 4 is 22.9 Å². The molecule has 1 saturated heterocycles. The molecule has 0 aliphatic carbocycles. The maximum Gasteiger partial charge on any atom is 0.275 e. The Labute approximate surface area is 180 Å². The number of methoxy groups -OCH3 is 1. The first-order valence-corrected chi connectivity index (χ1v) is 10.2.